The number of ether oxygens (including phenoxy) is 2. The average molecular weight is 213 g/mol. The van der Waals surface area contributed by atoms with Crippen LogP contribution in [0, 0.1) is 6.92 Å². The van der Waals surface area contributed by atoms with Gasteiger partial charge in [0.1, 0.15) is 11.5 Å². The van der Waals surface area contributed by atoms with Gasteiger partial charge in [0, 0.05) is 5.56 Å². The lowest BCUT2D eigenvalue weighted by Gasteiger charge is -2.14. The molecule has 0 spiro atoms. The Labute approximate surface area is 89.8 Å². The molecule has 0 atom stereocenters. The van der Waals surface area contributed by atoms with E-state index in [4.69, 9.17) is 9.47 Å². The molecule has 0 aliphatic carbocycles. The first-order chi connectivity index (χ1) is 6.74. The largest absolute Gasteiger partial charge is 0.496 e. The summed E-state index contributed by atoms with van der Waals surface area (Å²) in [5.41, 5.74) is 1.92. The Bertz CT molecular complexity index is 315. The van der Waals surface area contributed by atoms with E-state index in [9.17, 15) is 0 Å². The lowest BCUT2D eigenvalue weighted by Crippen LogP contribution is -2.00. The maximum atomic E-state index is 5.29. The van der Waals surface area contributed by atoms with Crippen LogP contribution < -0.4 is 14.8 Å². The molecule has 0 aliphatic rings. The highest BCUT2D eigenvalue weighted by Crippen LogP contribution is 2.34. The van der Waals surface area contributed by atoms with Crippen LogP contribution in [0.15, 0.2) is 12.1 Å². The molecule has 0 unspecified atom stereocenters. The van der Waals surface area contributed by atoms with Gasteiger partial charge in [0.2, 0.25) is 0 Å². The Balaban J connectivity index is 3.14. The summed E-state index contributed by atoms with van der Waals surface area (Å²) in [5.74, 6) is 2.20. The van der Waals surface area contributed by atoms with Crippen molar-refractivity contribution >= 4 is 18.3 Å². The standard InChI is InChI=1S/C10H15NO2S/c1-7-9(12-2)5-4-8(11-6-14)10(7)13-3/h4-5,11,14H,6H2,1-3H3. The maximum absolute atomic E-state index is 5.29. The highest BCUT2D eigenvalue weighted by atomic mass is 32.1. The fraction of sp³-hybridized carbons (Fsp3) is 0.400. The molecule has 1 aromatic carbocycles. The molecule has 0 saturated heterocycles. The Morgan fingerprint density at radius 3 is 2.50 bits per heavy atom. The minimum absolute atomic E-state index is 0.572. The molecule has 14 heavy (non-hydrogen) atoms. The zero-order valence-corrected chi connectivity index (χ0v) is 9.52. The monoisotopic (exact) mass is 213 g/mol. The summed E-state index contributed by atoms with van der Waals surface area (Å²) < 4.78 is 10.5. The third-order valence-corrected chi connectivity index (χ3v) is 2.21. The summed E-state index contributed by atoms with van der Waals surface area (Å²) in [5, 5.41) is 3.10. The van der Waals surface area contributed by atoms with E-state index in [1.54, 1.807) is 14.2 Å². The third kappa shape index (κ3) is 2.07. The topological polar surface area (TPSA) is 30.5 Å². The van der Waals surface area contributed by atoms with Crippen molar-refractivity contribution in [2.24, 2.45) is 0 Å². The number of nitrogens with one attached hydrogen (secondary N) is 1. The van der Waals surface area contributed by atoms with Crippen LogP contribution in [-0.2, 0) is 0 Å². The van der Waals surface area contributed by atoms with Crippen molar-refractivity contribution in [3.05, 3.63) is 17.7 Å². The summed E-state index contributed by atoms with van der Waals surface area (Å²) in [4.78, 5) is 0. The predicted molar refractivity (Wildman–Crippen MR) is 61.8 cm³/mol. The van der Waals surface area contributed by atoms with Crippen LogP contribution in [0.25, 0.3) is 0 Å². The van der Waals surface area contributed by atoms with Crippen LogP contribution in [0.1, 0.15) is 5.56 Å². The highest BCUT2D eigenvalue weighted by molar-refractivity contribution is 7.80. The molecule has 78 valence electrons. The molecule has 0 saturated carbocycles. The summed E-state index contributed by atoms with van der Waals surface area (Å²) in [6.07, 6.45) is 0. The van der Waals surface area contributed by atoms with Gasteiger partial charge in [0.25, 0.3) is 0 Å². The first-order valence-corrected chi connectivity index (χ1v) is 4.94. The second-order valence-electron chi connectivity index (χ2n) is 2.81. The van der Waals surface area contributed by atoms with Gasteiger partial charge in [-0.2, -0.15) is 12.6 Å². The molecule has 0 aliphatic heterocycles. The molecule has 0 aromatic heterocycles. The lowest BCUT2D eigenvalue weighted by atomic mass is 10.1. The summed E-state index contributed by atoms with van der Waals surface area (Å²) in [6.45, 7) is 1.96. The average Bonchev–Trinajstić information content (AvgIpc) is 2.19. The number of hydrogen-bond donors (Lipinski definition) is 2. The molecule has 0 bridgehead atoms. The summed E-state index contributed by atoms with van der Waals surface area (Å²) >= 11 is 4.10. The SMILES string of the molecule is COc1ccc(NCS)c(OC)c1C. The first kappa shape index (κ1) is 11.0. The van der Waals surface area contributed by atoms with E-state index in [0.29, 0.717) is 5.88 Å². The molecule has 0 fully saturated rings. The van der Waals surface area contributed by atoms with Crippen LogP contribution in [0.2, 0.25) is 0 Å². The van der Waals surface area contributed by atoms with E-state index < -0.39 is 0 Å². The third-order valence-electron chi connectivity index (χ3n) is 2.05. The number of hydrogen-bond acceptors (Lipinski definition) is 4. The van der Waals surface area contributed by atoms with Crippen molar-refractivity contribution in [1.29, 1.82) is 0 Å². The van der Waals surface area contributed by atoms with Crippen LogP contribution >= 0.6 is 12.6 Å². The molecule has 1 N–H and O–H groups in total. The molecular formula is C10H15NO2S. The van der Waals surface area contributed by atoms with Gasteiger partial charge in [-0.3, -0.25) is 0 Å². The molecule has 1 aromatic rings. The molecule has 3 nitrogen and oxygen atoms in total. The highest BCUT2D eigenvalue weighted by Gasteiger charge is 2.09. The first-order valence-electron chi connectivity index (χ1n) is 4.31. The maximum Gasteiger partial charge on any atom is 0.148 e. The Morgan fingerprint density at radius 1 is 1.29 bits per heavy atom. The van der Waals surface area contributed by atoms with Gasteiger partial charge in [-0.25, -0.2) is 0 Å². The van der Waals surface area contributed by atoms with Crippen molar-refractivity contribution in [3.63, 3.8) is 0 Å². The number of thiol groups is 1. The van der Waals surface area contributed by atoms with Gasteiger partial charge in [0.15, 0.2) is 0 Å². The zero-order chi connectivity index (χ0) is 10.6. The van der Waals surface area contributed by atoms with Crippen LogP contribution in [0.5, 0.6) is 11.5 Å². The van der Waals surface area contributed by atoms with Gasteiger partial charge in [-0.15, -0.1) is 0 Å². The van der Waals surface area contributed by atoms with E-state index >= 15 is 0 Å². The van der Waals surface area contributed by atoms with Crippen LogP contribution in [-0.4, -0.2) is 20.1 Å². The predicted octanol–water partition coefficient (Wildman–Crippen LogP) is 2.31. The van der Waals surface area contributed by atoms with Crippen molar-refractivity contribution in [2.75, 3.05) is 25.4 Å². The van der Waals surface area contributed by atoms with E-state index in [1.807, 2.05) is 19.1 Å². The minimum Gasteiger partial charge on any atom is -0.496 e. The number of anilines is 1. The van der Waals surface area contributed by atoms with E-state index in [0.717, 1.165) is 22.7 Å². The molecule has 1 rings (SSSR count). The molecular weight excluding hydrogens is 198 g/mol. The zero-order valence-electron chi connectivity index (χ0n) is 8.63. The van der Waals surface area contributed by atoms with Crippen molar-refractivity contribution < 1.29 is 9.47 Å². The molecule has 0 radical (unpaired) electrons. The fourth-order valence-electron chi connectivity index (χ4n) is 1.38. The van der Waals surface area contributed by atoms with Gasteiger partial charge in [-0.05, 0) is 19.1 Å². The van der Waals surface area contributed by atoms with Crippen LogP contribution in [0.3, 0.4) is 0 Å². The summed E-state index contributed by atoms with van der Waals surface area (Å²) in [7, 11) is 3.29. The second kappa shape index (κ2) is 5.00. The van der Waals surface area contributed by atoms with E-state index in [1.165, 1.54) is 0 Å². The van der Waals surface area contributed by atoms with Gasteiger partial charge >= 0.3 is 0 Å². The van der Waals surface area contributed by atoms with E-state index in [-0.39, 0.29) is 0 Å². The lowest BCUT2D eigenvalue weighted by molar-refractivity contribution is 0.390. The number of benzene rings is 1. The number of rotatable bonds is 4. The quantitative estimate of drug-likeness (QED) is 0.594. The Hall–Kier alpha value is -1.03. The van der Waals surface area contributed by atoms with Crippen molar-refractivity contribution in [2.45, 2.75) is 6.92 Å². The molecule has 4 heteroatoms. The Kier molecular flexibility index (Phi) is 3.95. The van der Waals surface area contributed by atoms with E-state index in [2.05, 4.69) is 17.9 Å². The van der Waals surface area contributed by atoms with Crippen LogP contribution in [0.4, 0.5) is 5.69 Å². The molecule has 0 heterocycles. The van der Waals surface area contributed by atoms with Crippen molar-refractivity contribution in [3.8, 4) is 11.5 Å². The molecule has 0 amide bonds. The second-order valence-corrected chi connectivity index (χ2v) is 3.12. The van der Waals surface area contributed by atoms with Gasteiger partial charge in [0.05, 0.1) is 25.8 Å². The summed E-state index contributed by atoms with van der Waals surface area (Å²) in [6, 6.07) is 3.82. The Morgan fingerprint density at radius 2 is 2.00 bits per heavy atom. The van der Waals surface area contributed by atoms with Crippen molar-refractivity contribution in [1.82, 2.24) is 0 Å². The van der Waals surface area contributed by atoms with Gasteiger partial charge < -0.3 is 14.8 Å². The fourth-order valence-corrected chi connectivity index (χ4v) is 1.55. The minimum atomic E-state index is 0.572. The number of methoxy groups -OCH3 is 2. The van der Waals surface area contributed by atoms with Gasteiger partial charge in [-0.1, -0.05) is 0 Å². The smallest absolute Gasteiger partial charge is 0.148 e. The normalized spacial score (nSPS) is 9.71.